The molecule has 1 fully saturated rings. The second-order valence-electron chi connectivity index (χ2n) is 6.89. The standard InChI is InChI=1S/C21H23N5O2/c27-20(9-8-19-23-24-21(28-19)18-7-4-10-22-15-18)26-13-11-25(12-14-26)16-17-5-2-1-3-6-17/h1-7,10,15H,8-9,11-14,16H2. The molecule has 7 heteroatoms. The molecule has 3 heterocycles. The van der Waals surface area contributed by atoms with E-state index in [0.29, 0.717) is 24.6 Å². The van der Waals surface area contributed by atoms with Crippen LogP contribution in [-0.4, -0.2) is 57.1 Å². The summed E-state index contributed by atoms with van der Waals surface area (Å²) in [4.78, 5) is 20.9. The van der Waals surface area contributed by atoms with Gasteiger partial charge in [0.2, 0.25) is 17.7 Å². The van der Waals surface area contributed by atoms with E-state index >= 15 is 0 Å². The molecule has 28 heavy (non-hydrogen) atoms. The summed E-state index contributed by atoms with van der Waals surface area (Å²) < 4.78 is 5.65. The highest BCUT2D eigenvalue weighted by Gasteiger charge is 2.21. The highest BCUT2D eigenvalue weighted by atomic mass is 16.4. The predicted octanol–water partition coefficient (Wildman–Crippen LogP) is 2.41. The minimum Gasteiger partial charge on any atom is -0.421 e. The fourth-order valence-corrected chi connectivity index (χ4v) is 3.33. The van der Waals surface area contributed by atoms with Crippen molar-refractivity contribution < 1.29 is 9.21 Å². The van der Waals surface area contributed by atoms with Gasteiger partial charge in [-0.1, -0.05) is 30.3 Å². The Morgan fingerprint density at radius 2 is 1.82 bits per heavy atom. The summed E-state index contributed by atoms with van der Waals surface area (Å²) in [5.74, 6) is 1.06. The molecule has 0 spiro atoms. The van der Waals surface area contributed by atoms with E-state index in [0.717, 1.165) is 38.3 Å². The monoisotopic (exact) mass is 377 g/mol. The van der Waals surface area contributed by atoms with E-state index in [4.69, 9.17) is 4.42 Å². The molecular formula is C21H23N5O2. The lowest BCUT2D eigenvalue weighted by atomic mass is 10.2. The fraction of sp³-hybridized carbons (Fsp3) is 0.333. The molecule has 1 aliphatic rings. The number of benzene rings is 1. The van der Waals surface area contributed by atoms with E-state index in [2.05, 4.69) is 44.3 Å². The van der Waals surface area contributed by atoms with Gasteiger partial charge in [0.1, 0.15) is 0 Å². The van der Waals surface area contributed by atoms with E-state index in [-0.39, 0.29) is 5.91 Å². The van der Waals surface area contributed by atoms with Crippen LogP contribution in [0.3, 0.4) is 0 Å². The summed E-state index contributed by atoms with van der Waals surface area (Å²) in [7, 11) is 0. The van der Waals surface area contributed by atoms with Gasteiger partial charge in [-0.15, -0.1) is 10.2 Å². The molecule has 4 rings (SSSR count). The van der Waals surface area contributed by atoms with Crippen LogP contribution in [0.5, 0.6) is 0 Å². The number of carbonyl (C=O) groups excluding carboxylic acids is 1. The molecule has 1 saturated heterocycles. The molecule has 0 saturated carbocycles. The van der Waals surface area contributed by atoms with Gasteiger partial charge in [-0.2, -0.15) is 0 Å². The van der Waals surface area contributed by atoms with E-state index in [1.807, 2.05) is 23.1 Å². The van der Waals surface area contributed by atoms with Crippen molar-refractivity contribution in [2.24, 2.45) is 0 Å². The number of aromatic nitrogens is 3. The number of amides is 1. The van der Waals surface area contributed by atoms with Gasteiger partial charge in [-0.05, 0) is 17.7 Å². The van der Waals surface area contributed by atoms with Gasteiger partial charge >= 0.3 is 0 Å². The van der Waals surface area contributed by atoms with E-state index in [1.165, 1.54) is 5.56 Å². The van der Waals surface area contributed by atoms with Crippen LogP contribution >= 0.6 is 0 Å². The Hall–Kier alpha value is -3.06. The zero-order chi connectivity index (χ0) is 19.2. The third-order valence-corrected chi connectivity index (χ3v) is 4.90. The lowest BCUT2D eigenvalue weighted by Crippen LogP contribution is -2.48. The minimum absolute atomic E-state index is 0.139. The highest BCUT2D eigenvalue weighted by Crippen LogP contribution is 2.17. The first-order valence-corrected chi connectivity index (χ1v) is 9.55. The van der Waals surface area contributed by atoms with Gasteiger partial charge in [0.15, 0.2) is 0 Å². The van der Waals surface area contributed by atoms with E-state index in [9.17, 15) is 4.79 Å². The van der Waals surface area contributed by atoms with Crippen LogP contribution in [0.2, 0.25) is 0 Å². The molecule has 0 unspecified atom stereocenters. The number of piperazine rings is 1. The molecular weight excluding hydrogens is 354 g/mol. The van der Waals surface area contributed by atoms with Crippen molar-refractivity contribution in [1.82, 2.24) is 25.0 Å². The quantitative estimate of drug-likeness (QED) is 0.657. The number of aryl methyl sites for hydroxylation is 1. The van der Waals surface area contributed by atoms with Crippen molar-refractivity contribution in [3.63, 3.8) is 0 Å². The Balaban J connectivity index is 1.23. The summed E-state index contributed by atoms with van der Waals surface area (Å²) in [5, 5.41) is 8.08. The molecule has 1 aromatic carbocycles. The largest absolute Gasteiger partial charge is 0.421 e. The number of hydrogen-bond donors (Lipinski definition) is 0. The van der Waals surface area contributed by atoms with Gasteiger partial charge in [0.25, 0.3) is 0 Å². The molecule has 0 radical (unpaired) electrons. The molecule has 1 aliphatic heterocycles. The third kappa shape index (κ3) is 4.61. The Morgan fingerprint density at radius 1 is 1.00 bits per heavy atom. The predicted molar refractivity (Wildman–Crippen MR) is 104 cm³/mol. The normalized spacial score (nSPS) is 14.9. The SMILES string of the molecule is O=C(CCc1nnc(-c2cccnc2)o1)N1CCN(Cc2ccccc2)CC1. The van der Waals surface area contributed by atoms with Gasteiger partial charge in [0, 0.05) is 58.0 Å². The molecule has 144 valence electrons. The Morgan fingerprint density at radius 3 is 2.57 bits per heavy atom. The summed E-state index contributed by atoms with van der Waals surface area (Å²) >= 11 is 0. The molecule has 7 nitrogen and oxygen atoms in total. The number of hydrogen-bond acceptors (Lipinski definition) is 6. The average molecular weight is 377 g/mol. The van der Waals surface area contributed by atoms with Gasteiger partial charge in [-0.25, -0.2) is 0 Å². The molecule has 0 atom stereocenters. The van der Waals surface area contributed by atoms with E-state index in [1.54, 1.807) is 12.4 Å². The van der Waals surface area contributed by atoms with Gasteiger partial charge in [0.05, 0.1) is 5.56 Å². The molecule has 1 amide bonds. The second kappa shape index (κ2) is 8.75. The molecule has 2 aromatic heterocycles. The van der Waals surface area contributed by atoms with Crippen molar-refractivity contribution in [1.29, 1.82) is 0 Å². The van der Waals surface area contributed by atoms with Gasteiger partial charge in [-0.3, -0.25) is 14.7 Å². The Labute approximate surface area is 164 Å². The Bertz CT molecular complexity index is 889. The maximum Gasteiger partial charge on any atom is 0.249 e. The lowest BCUT2D eigenvalue weighted by Gasteiger charge is -2.34. The average Bonchev–Trinajstić information content (AvgIpc) is 3.23. The summed E-state index contributed by atoms with van der Waals surface area (Å²) in [6.07, 6.45) is 4.21. The maximum atomic E-state index is 12.5. The molecule has 0 N–H and O–H groups in total. The number of nitrogens with zero attached hydrogens (tertiary/aromatic N) is 5. The number of carbonyl (C=O) groups is 1. The number of rotatable bonds is 6. The van der Waals surface area contributed by atoms with Crippen LogP contribution in [0.15, 0.2) is 59.3 Å². The van der Waals surface area contributed by atoms with Crippen molar-refractivity contribution in [3.8, 4) is 11.5 Å². The number of pyridine rings is 1. The van der Waals surface area contributed by atoms with E-state index < -0.39 is 0 Å². The minimum atomic E-state index is 0.139. The van der Waals surface area contributed by atoms with Crippen molar-refractivity contribution >= 4 is 5.91 Å². The Kier molecular flexibility index (Phi) is 5.72. The van der Waals surface area contributed by atoms with Crippen LogP contribution in [0, 0.1) is 0 Å². The molecule has 3 aromatic rings. The second-order valence-corrected chi connectivity index (χ2v) is 6.89. The van der Waals surface area contributed by atoms with Crippen molar-refractivity contribution in [2.75, 3.05) is 26.2 Å². The van der Waals surface area contributed by atoms with Gasteiger partial charge < -0.3 is 9.32 Å². The van der Waals surface area contributed by atoms with Crippen LogP contribution in [0.4, 0.5) is 0 Å². The van der Waals surface area contributed by atoms with Crippen molar-refractivity contribution in [2.45, 2.75) is 19.4 Å². The van der Waals surface area contributed by atoms with Crippen LogP contribution in [0.25, 0.3) is 11.5 Å². The first kappa shape index (κ1) is 18.3. The molecule has 0 bridgehead atoms. The topological polar surface area (TPSA) is 75.4 Å². The van der Waals surface area contributed by atoms with Crippen LogP contribution < -0.4 is 0 Å². The third-order valence-electron chi connectivity index (χ3n) is 4.90. The first-order valence-electron chi connectivity index (χ1n) is 9.55. The maximum absolute atomic E-state index is 12.5. The summed E-state index contributed by atoms with van der Waals surface area (Å²) in [6, 6.07) is 14.1. The zero-order valence-electron chi connectivity index (χ0n) is 15.7. The molecule has 0 aliphatic carbocycles. The zero-order valence-corrected chi connectivity index (χ0v) is 15.7. The smallest absolute Gasteiger partial charge is 0.249 e. The summed E-state index contributed by atoms with van der Waals surface area (Å²) in [5.41, 5.74) is 2.09. The van der Waals surface area contributed by atoms with Crippen LogP contribution in [0.1, 0.15) is 17.9 Å². The highest BCUT2D eigenvalue weighted by molar-refractivity contribution is 5.76. The van der Waals surface area contributed by atoms with Crippen molar-refractivity contribution in [3.05, 3.63) is 66.3 Å². The van der Waals surface area contributed by atoms with Crippen LogP contribution in [-0.2, 0) is 17.8 Å². The first-order chi connectivity index (χ1) is 13.8. The fourth-order valence-electron chi connectivity index (χ4n) is 3.33. The lowest BCUT2D eigenvalue weighted by molar-refractivity contribution is -0.133. The summed E-state index contributed by atoms with van der Waals surface area (Å²) in [6.45, 7) is 4.24.